The van der Waals surface area contributed by atoms with Crippen LogP contribution in [0.4, 0.5) is 5.69 Å². The monoisotopic (exact) mass is 549 g/mol. The summed E-state index contributed by atoms with van der Waals surface area (Å²) >= 11 is 0. The zero-order chi connectivity index (χ0) is 27.8. The van der Waals surface area contributed by atoms with Gasteiger partial charge in [0.15, 0.2) is 0 Å². The third-order valence-electron chi connectivity index (χ3n) is 7.04. The van der Waals surface area contributed by atoms with Crippen LogP contribution in [-0.4, -0.2) is 50.9 Å². The molecule has 9 heteroatoms. The van der Waals surface area contributed by atoms with E-state index in [1.807, 2.05) is 30.3 Å². The molecule has 39 heavy (non-hydrogen) atoms. The maximum absolute atomic E-state index is 13.9. The number of rotatable bonds is 11. The third-order valence-corrected chi connectivity index (χ3v) is 8.82. The van der Waals surface area contributed by atoms with Crippen LogP contribution in [0.5, 0.6) is 5.75 Å². The molecule has 3 aromatic carbocycles. The molecular formula is C30H35N3O5S. The summed E-state index contributed by atoms with van der Waals surface area (Å²) in [5.41, 5.74) is 1.19. The molecule has 0 radical (unpaired) electrons. The first-order valence-electron chi connectivity index (χ1n) is 13.1. The Balaban J connectivity index is 1.65. The number of carbonyl (C=O) groups is 2. The van der Waals surface area contributed by atoms with Gasteiger partial charge in [-0.1, -0.05) is 61.4 Å². The molecule has 1 aliphatic rings. The van der Waals surface area contributed by atoms with E-state index in [2.05, 4.69) is 5.32 Å². The molecule has 1 atom stereocenters. The van der Waals surface area contributed by atoms with Gasteiger partial charge in [-0.05, 0) is 61.7 Å². The lowest BCUT2D eigenvalue weighted by Crippen LogP contribution is -2.52. The zero-order valence-corrected chi connectivity index (χ0v) is 23.1. The summed E-state index contributed by atoms with van der Waals surface area (Å²) in [5, 5.41) is 3.08. The molecule has 0 aliphatic heterocycles. The lowest BCUT2D eigenvalue weighted by molar-refractivity contribution is -0.139. The SMILES string of the molecule is COc1ccc(S(=O)(=O)N(CC(=O)N(Cc2ccccc2)[C@@H](C)C(=O)NC2CCCC2)c2ccccc2)cc1. The standard InChI is InChI=1S/C30H35N3O5S/c1-23(30(35)31-25-13-9-10-14-25)32(21-24-11-5-3-6-12-24)29(34)22-33(26-15-7-4-8-16-26)39(36,37)28-19-17-27(38-2)18-20-28/h3-8,11-12,15-20,23,25H,9-10,13-14,21-22H2,1-2H3,(H,31,35)/t23-/m0/s1. The second kappa shape index (κ2) is 12.8. The molecular weight excluding hydrogens is 514 g/mol. The lowest BCUT2D eigenvalue weighted by atomic mass is 10.1. The minimum atomic E-state index is -4.12. The number of hydrogen-bond donors (Lipinski definition) is 1. The van der Waals surface area contributed by atoms with Crippen molar-refractivity contribution in [3.05, 3.63) is 90.5 Å². The Morgan fingerprint density at radius 1 is 0.923 bits per heavy atom. The second-order valence-corrected chi connectivity index (χ2v) is 11.6. The van der Waals surface area contributed by atoms with Gasteiger partial charge in [0.05, 0.1) is 17.7 Å². The molecule has 1 saturated carbocycles. The minimum absolute atomic E-state index is 0.0292. The maximum Gasteiger partial charge on any atom is 0.264 e. The van der Waals surface area contributed by atoms with Crippen LogP contribution in [0.25, 0.3) is 0 Å². The molecule has 3 aromatic rings. The average Bonchev–Trinajstić information content (AvgIpc) is 3.48. The van der Waals surface area contributed by atoms with Crippen LogP contribution in [0, 0.1) is 0 Å². The number of methoxy groups -OCH3 is 1. The molecule has 1 N–H and O–H groups in total. The van der Waals surface area contributed by atoms with E-state index in [4.69, 9.17) is 4.74 Å². The molecule has 4 rings (SSSR count). The number of nitrogens with one attached hydrogen (secondary N) is 1. The topological polar surface area (TPSA) is 96.0 Å². The first kappa shape index (κ1) is 28.2. The van der Waals surface area contributed by atoms with Gasteiger partial charge in [-0.25, -0.2) is 8.42 Å². The highest BCUT2D eigenvalue weighted by molar-refractivity contribution is 7.92. The number of anilines is 1. The van der Waals surface area contributed by atoms with Gasteiger partial charge in [0.2, 0.25) is 11.8 Å². The minimum Gasteiger partial charge on any atom is -0.497 e. The Morgan fingerprint density at radius 3 is 2.10 bits per heavy atom. The van der Waals surface area contributed by atoms with Crippen LogP contribution in [0.3, 0.4) is 0 Å². The van der Waals surface area contributed by atoms with Crippen LogP contribution in [-0.2, 0) is 26.2 Å². The summed E-state index contributed by atoms with van der Waals surface area (Å²) in [7, 11) is -2.61. The molecule has 8 nitrogen and oxygen atoms in total. The number of benzene rings is 3. The van der Waals surface area contributed by atoms with Crippen LogP contribution in [0.2, 0.25) is 0 Å². The quantitative estimate of drug-likeness (QED) is 0.383. The van der Waals surface area contributed by atoms with Gasteiger partial charge in [0.1, 0.15) is 18.3 Å². The van der Waals surface area contributed by atoms with E-state index in [1.54, 1.807) is 49.4 Å². The Morgan fingerprint density at radius 2 is 1.51 bits per heavy atom. The number of sulfonamides is 1. The molecule has 2 amide bonds. The highest BCUT2D eigenvalue weighted by Crippen LogP contribution is 2.26. The van der Waals surface area contributed by atoms with Crippen molar-refractivity contribution in [2.24, 2.45) is 0 Å². The summed E-state index contributed by atoms with van der Waals surface area (Å²) in [4.78, 5) is 28.6. The Labute approximate surface area is 230 Å². The Hall–Kier alpha value is -3.85. The van der Waals surface area contributed by atoms with Crippen LogP contribution >= 0.6 is 0 Å². The number of hydrogen-bond acceptors (Lipinski definition) is 5. The largest absolute Gasteiger partial charge is 0.497 e. The van der Waals surface area contributed by atoms with Crippen molar-refractivity contribution in [1.29, 1.82) is 0 Å². The van der Waals surface area contributed by atoms with Gasteiger partial charge in [-0.3, -0.25) is 13.9 Å². The normalized spacial score (nSPS) is 14.4. The average molecular weight is 550 g/mol. The fourth-order valence-electron chi connectivity index (χ4n) is 4.75. The summed E-state index contributed by atoms with van der Waals surface area (Å²) in [6.45, 7) is 1.40. The smallest absolute Gasteiger partial charge is 0.264 e. The molecule has 0 bridgehead atoms. The molecule has 0 aromatic heterocycles. The van der Waals surface area contributed by atoms with Crippen molar-refractivity contribution in [3.63, 3.8) is 0 Å². The maximum atomic E-state index is 13.9. The number of nitrogens with zero attached hydrogens (tertiary/aromatic N) is 2. The van der Waals surface area contributed by atoms with Crippen molar-refractivity contribution in [1.82, 2.24) is 10.2 Å². The Bertz CT molecular complexity index is 1340. The van der Waals surface area contributed by atoms with E-state index in [9.17, 15) is 18.0 Å². The number of ether oxygens (including phenoxy) is 1. The lowest BCUT2D eigenvalue weighted by Gasteiger charge is -2.32. The molecule has 1 fully saturated rings. The van der Waals surface area contributed by atoms with Crippen molar-refractivity contribution in [2.75, 3.05) is 18.0 Å². The van der Waals surface area contributed by atoms with E-state index in [-0.39, 0.29) is 23.4 Å². The van der Waals surface area contributed by atoms with Gasteiger partial charge < -0.3 is 15.0 Å². The second-order valence-electron chi connectivity index (χ2n) is 9.70. The van der Waals surface area contributed by atoms with Gasteiger partial charge in [-0.2, -0.15) is 0 Å². The molecule has 0 saturated heterocycles. The van der Waals surface area contributed by atoms with Crippen LogP contribution < -0.4 is 14.4 Å². The summed E-state index contributed by atoms with van der Waals surface area (Å²) in [6, 6.07) is 23.2. The van der Waals surface area contributed by atoms with Crippen LogP contribution in [0.15, 0.2) is 89.8 Å². The molecule has 0 heterocycles. The van der Waals surface area contributed by atoms with E-state index in [0.29, 0.717) is 11.4 Å². The fraction of sp³-hybridized carbons (Fsp3) is 0.333. The number of carbonyl (C=O) groups excluding carboxylic acids is 2. The summed E-state index contributed by atoms with van der Waals surface area (Å²) < 4.78 is 33.9. The molecule has 0 unspecified atom stereocenters. The van der Waals surface area contributed by atoms with E-state index in [1.165, 1.54) is 24.1 Å². The first-order chi connectivity index (χ1) is 18.8. The summed E-state index contributed by atoms with van der Waals surface area (Å²) in [6.07, 6.45) is 3.99. The predicted molar refractivity (Wildman–Crippen MR) is 151 cm³/mol. The predicted octanol–water partition coefficient (Wildman–Crippen LogP) is 4.37. The van der Waals surface area contributed by atoms with Crippen molar-refractivity contribution in [2.45, 2.75) is 56.1 Å². The van der Waals surface area contributed by atoms with E-state index >= 15 is 0 Å². The number of amides is 2. The fourth-order valence-corrected chi connectivity index (χ4v) is 6.17. The van der Waals surface area contributed by atoms with E-state index in [0.717, 1.165) is 35.6 Å². The van der Waals surface area contributed by atoms with Gasteiger partial charge in [-0.15, -0.1) is 0 Å². The first-order valence-corrected chi connectivity index (χ1v) is 14.6. The van der Waals surface area contributed by atoms with Gasteiger partial charge in [0.25, 0.3) is 10.0 Å². The summed E-state index contributed by atoms with van der Waals surface area (Å²) in [5.74, 6) is -0.197. The van der Waals surface area contributed by atoms with Crippen molar-refractivity contribution in [3.8, 4) is 5.75 Å². The van der Waals surface area contributed by atoms with Crippen molar-refractivity contribution >= 4 is 27.5 Å². The van der Waals surface area contributed by atoms with Crippen molar-refractivity contribution < 1.29 is 22.7 Å². The zero-order valence-electron chi connectivity index (χ0n) is 22.3. The third kappa shape index (κ3) is 6.97. The van der Waals surface area contributed by atoms with E-state index < -0.39 is 28.5 Å². The molecule has 1 aliphatic carbocycles. The highest BCUT2D eigenvalue weighted by Gasteiger charge is 2.33. The number of para-hydroxylation sites is 1. The van der Waals surface area contributed by atoms with Crippen LogP contribution in [0.1, 0.15) is 38.2 Å². The highest BCUT2D eigenvalue weighted by atomic mass is 32.2. The van der Waals surface area contributed by atoms with Gasteiger partial charge >= 0.3 is 0 Å². The van der Waals surface area contributed by atoms with Gasteiger partial charge in [0, 0.05) is 12.6 Å². The Kier molecular flexibility index (Phi) is 9.24. The molecule has 206 valence electrons. The molecule has 0 spiro atoms.